The predicted octanol–water partition coefficient (Wildman–Crippen LogP) is 2.91. The van der Waals surface area contributed by atoms with Crippen LogP contribution in [0.5, 0.6) is 0 Å². The van der Waals surface area contributed by atoms with E-state index >= 15 is 0 Å². The zero-order valence-corrected chi connectivity index (χ0v) is 13.6. The van der Waals surface area contributed by atoms with Gasteiger partial charge >= 0.3 is 0 Å². The molecule has 2 aromatic carbocycles. The molecule has 0 spiro atoms. The highest BCUT2D eigenvalue weighted by atomic mass is 16.5. The number of anilines is 1. The summed E-state index contributed by atoms with van der Waals surface area (Å²) in [6.45, 7) is 1.63. The van der Waals surface area contributed by atoms with Gasteiger partial charge in [0.25, 0.3) is 0 Å². The highest BCUT2D eigenvalue weighted by Gasteiger charge is 2.02. The summed E-state index contributed by atoms with van der Waals surface area (Å²) in [5.41, 5.74) is 10.1. The van der Waals surface area contributed by atoms with E-state index in [9.17, 15) is 0 Å². The second-order valence-electron chi connectivity index (χ2n) is 5.17. The van der Waals surface area contributed by atoms with E-state index in [0.29, 0.717) is 25.7 Å². The van der Waals surface area contributed by atoms with Gasteiger partial charge in [0.1, 0.15) is 0 Å². The minimum Gasteiger partial charge on any atom is -0.380 e. The quantitative estimate of drug-likeness (QED) is 0.609. The molecule has 2 rings (SSSR count). The van der Waals surface area contributed by atoms with Gasteiger partial charge in [0.05, 0.1) is 19.8 Å². The number of hydrogen-bond donors (Lipinski definition) is 2. The molecule has 0 radical (unpaired) electrons. The van der Waals surface area contributed by atoms with Crippen molar-refractivity contribution >= 4 is 11.6 Å². The summed E-state index contributed by atoms with van der Waals surface area (Å²) in [7, 11) is 3.35. The van der Waals surface area contributed by atoms with Crippen molar-refractivity contribution in [2.24, 2.45) is 10.7 Å². The van der Waals surface area contributed by atoms with E-state index in [1.165, 1.54) is 0 Å². The molecular weight excluding hydrogens is 290 g/mol. The fraction of sp³-hybridized carbons (Fsp3) is 0.278. The Morgan fingerprint density at radius 1 is 1.00 bits per heavy atom. The summed E-state index contributed by atoms with van der Waals surface area (Å²) in [5, 5.41) is 3.13. The third-order valence-corrected chi connectivity index (χ3v) is 3.31. The molecule has 5 nitrogen and oxygen atoms in total. The van der Waals surface area contributed by atoms with Gasteiger partial charge in [-0.3, -0.25) is 0 Å². The van der Waals surface area contributed by atoms with Gasteiger partial charge in [-0.25, -0.2) is 4.99 Å². The molecule has 0 amide bonds. The maximum Gasteiger partial charge on any atom is 0.193 e. The van der Waals surface area contributed by atoms with Gasteiger partial charge in [-0.1, -0.05) is 42.5 Å². The van der Waals surface area contributed by atoms with Crippen LogP contribution in [0, 0.1) is 0 Å². The molecular formula is C18H23N3O2. The summed E-state index contributed by atoms with van der Waals surface area (Å²) in [6.07, 6.45) is 0. The molecule has 0 aliphatic heterocycles. The molecule has 0 aliphatic rings. The van der Waals surface area contributed by atoms with Gasteiger partial charge < -0.3 is 20.5 Å². The van der Waals surface area contributed by atoms with E-state index in [0.717, 1.165) is 22.4 Å². The van der Waals surface area contributed by atoms with Crippen molar-refractivity contribution in [1.29, 1.82) is 0 Å². The van der Waals surface area contributed by atoms with E-state index in [-0.39, 0.29) is 0 Å². The number of para-hydroxylation sites is 1. The molecule has 0 aliphatic carbocycles. The van der Waals surface area contributed by atoms with Crippen molar-refractivity contribution in [1.82, 2.24) is 0 Å². The van der Waals surface area contributed by atoms with Crippen LogP contribution < -0.4 is 11.1 Å². The Kier molecular flexibility index (Phi) is 6.59. The lowest BCUT2D eigenvalue weighted by molar-refractivity contribution is 0.185. The fourth-order valence-corrected chi connectivity index (χ4v) is 2.26. The van der Waals surface area contributed by atoms with Gasteiger partial charge in [-0.2, -0.15) is 0 Å². The number of methoxy groups -OCH3 is 2. The number of rotatable bonds is 7. The van der Waals surface area contributed by atoms with Crippen LogP contribution in [0.1, 0.15) is 16.7 Å². The predicted molar refractivity (Wildman–Crippen MR) is 93.3 cm³/mol. The standard InChI is InChI=1S/C18H23N3O2/c1-22-12-15-7-5-6-14(10-15)11-20-18(19)21-17-9-4-3-8-16(17)13-23-2/h3-10H,11-13H2,1-2H3,(H3,19,20,21). The summed E-state index contributed by atoms with van der Waals surface area (Å²) < 4.78 is 10.3. The Morgan fingerprint density at radius 3 is 2.52 bits per heavy atom. The summed E-state index contributed by atoms with van der Waals surface area (Å²) in [4.78, 5) is 4.39. The van der Waals surface area contributed by atoms with Crippen LogP contribution in [0.4, 0.5) is 5.69 Å². The second kappa shape index (κ2) is 8.92. The maximum absolute atomic E-state index is 5.99. The van der Waals surface area contributed by atoms with E-state index in [2.05, 4.69) is 16.4 Å². The third kappa shape index (κ3) is 5.39. The minimum atomic E-state index is 0.380. The Morgan fingerprint density at radius 2 is 1.74 bits per heavy atom. The van der Waals surface area contributed by atoms with Crippen molar-refractivity contribution in [2.75, 3.05) is 19.5 Å². The second-order valence-corrected chi connectivity index (χ2v) is 5.17. The van der Waals surface area contributed by atoms with Crippen LogP contribution in [0.3, 0.4) is 0 Å². The lowest BCUT2D eigenvalue weighted by atomic mass is 10.1. The Labute approximate surface area is 137 Å². The molecule has 0 atom stereocenters. The average molecular weight is 313 g/mol. The third-order valence-electron chi connectivity index (χ3n) is 3.31. The van der Waals surface area contributed by atoms with Crippen LogP contribution >= 0.6 is 0 Å². The number of benzene rings is 2. The summed E-state index contributed by atoms with van der Waals surface area (Å²) >= 11 is 0. The molecule has 0 bridgehead atoms. The lowest BCUT2D eigenvalue weighted by Crippen LogP contribution is -2.23. The van der Waals surface area contributed by atoms with Gasteiger partial charge in [0.2, 0.25) is 0 Å². The van der Waals surface area contributed by atoms with Crippen LogP contribution in [0.15, 0.2) is 53.5 Å². The van der Waals surface area contributed by atoms with Gasteiger partial charge in [-0.05, 0) is 17.2 Å². The molecule has 2 aromatic rings. The topological polar surface area (TPSA) is 68.9 Å². The number of aliphatic imine (C=N–C) groups is 1. The van der Waals surface area contributed by atoms with Gasteiger partial charge in [-0.15, -0.1) is 0 Å². The summed E-state index contributed by atoms with van der Waals surface area (Å²) in [5.74, 6) is 0.380. The molecule has 5 heteroatoms. The zero-order chi connectivity index (χ0) is 16.5. The highest BCUT2D eigenvalue weighted by molar-refractivity contribution is 5.92. The average Bonchev–Trinajstić information content (AvgIpc) is 2.56. The molecule has 23 heavy (non-hydrogen) atoms. The first kappa shape index (κ1) is 17.0. The maximum atomic E-state index is 5.99. The van der Waals surface area contributed by atoms with Crippen molar-refractivity contribution in [3.63, 3.8) is 0 Å². The smallest absolute Gasteiger partial charge is 0.193 e. The Hall–Kier alpha value is -2.37. The van der Waals surface area contributed by atoms with Crippen molar-refractivity contribution in [2.45, 2.75) is 19.8 Å². The lowest BCUT2D eigenvalue weighted by Gasteiger charge is -2.11. The van der Waals surface area contributed by atoms with E-state index < -0.39 is 0 Å². The Balaban J connectivity index is 2.02. The number of nitrogens with two attached hydrogens (primary N) is 1. The van der Waals surface area contributed by atoms with Crippen LogP contribution in [0.25, 0.3) is 0 Å². The Bertz CT molecular complexity index is 656. The van der Waals surface area contributed by atoms with Crippen molar-refractivity contribution in [3.8, 4) is 0 Å². The monoisotopic (exact) mass is 313 g/mol. The molecule has 0 aromatic heterocycles. The molecule has 0 heterocycles. The minimum absolute atomic E-state index is 0.380. The first-order valence-electron chi connectivity index (χ1n) is 7.43. The first-order valence-corrected chi connectivity index (χ1v) is 7.43. The largest absolute Gasteiger partial charge is 0.380 e. The molecule has 0 fully saturated rings. The SMILES string of the molecule is COCc1cccc(CN=C(N)Nc2ccccc2COC)c1. The molecule has 3 N–H and O–H groups in total. The van der Waals surface area contributed by atoms with Crippen LogP contribution in [0.2, 0.25) is 0 Å². The normalized spacial score (nSPS) is 11.5. The molecule has 0 unspecified atom stereocenters. The number of hydrogen-bond acceptors (Lipinski definition) is 3. The van der Waals surface area contributed by atoms with E-state index in [1.807, 2.05) is 42.5 Å². The number of nitrogens with zero attached hydrogens (tertiary/aromatic N) is 1. The van der Waals surface area contributed by atoms with Crippen molar-refractivity contribution < 1.29 is 9.47 Å². The van der Waals surface area contributed by atoms with Crippen LogP contribution in [-0.2, 0) is 29.2 Å². The number of ether oxygens (including phenoxy) is 2. The number of nitrogens with one attached hydrogen (secondary N) is 1. The van der Waals surface area contributed by atoms with Gasteiger partial charge in [0.15, 0.2) is 5.96 Å². The molecule has 122 valence electrons. The highest BCUT2D eigenvalue weighted by Crippen LogP contribution is 2.15. The van der Waals surface area contributed by atoms with Crippen molar-refractivity contribution in [3.05, 3.63) is 65.2 Å². The van der Waals surface area contributed by atoms with Crippen LogP contribution in [-0.4, -0.2) is 20.2 Å². The zero-order valence-electron chi connectivity index (χ0n) is 13.6. The van der Waals surface area contributed by atoms with E-state index in [1.54, 1.807) is 14.2 Å². The molecule has 0 saturated heterocycles. The molecule has 0 saturated carbocycles. The summed E-state index contributed by atoms with van der Waals surface area (Å²) in [6, 6.07) is 16.0. The van der Waals surface area contributed by atoms with Gasteiger partial charge in [0, 0.05) is 25.5 Å². The first-order chi connectivity index (χ1) is 11.2. The number of guanidine groups is 1. The van der Waals surface area contributed by atoms with E-state index in [4.69, 9.17) is 15.2 Å². The fourth-order valence-electron chi connectivity index (χ4n) is 2.26.